The summed E-state index contributed by atoms with van der Waals surface area (Å²) in [6.45, 7) is 4.19. The SMILES string of the molecule is CCn1cnc2sc(C(=O)NC3=NN=C(c4ccccc4)CS3)c(C)c2c1=O. The number of amidine groups is 1. The molecule has 1 amide bonds. The van der Waals surface area contributed by atoms with E-state index in [4.69, 9.17) is 0 Å². The van der Waals surface area contributed by atoms with E-state index in [0.717, 1.165) is 11.3 Å². The molecule has 0 spiro atoms. The smallest absolute Gasteiger partial charge is 0.267 e. The number of carbonyl (C=O) groups excluding carboxylic acids is 1. The summed E-state index contributed by atoms with van der Waals surface area (Å²) in [5.41, 5.74) is 2.41. The zero-order valence-electron chi connectivity index (χ0n) is 15.3. The number of fused-ring (bicyclic) bond motifs is 1. The quantitative estimate of drug-likeness (QED) is 0.717. The first-order valence-corrected chi connectivity index (χ1v) is 10.5. The van der Waals surface area contributed by atoms with Gasteiger partial charge >= 0.3 is 0 Å². The predicted octanol–water partition coefficient (Wildman–Crippen LogP) is 3.02. The van der Waals surface area contributed by atoms with E-state index < -0.39 is 0 Å². The van der Waals surface area contributed by atoms with Crippen LogP contribution in [0.15, 0.2) is 51.7 Å². The molecular weight excluding hydrogens is 394 g/mol. The minimum absolute atomic E-state index is 0.123. The van der Waals surface area contributed by atoms with E-state index in [0.29, 0.717) is 38.1 Å². The average Bonchev–Trinajstić information content (AvgIpc) is 3.07. The van der Waals surface area contributed by atoms with Crippen molar-refractivity contribution >= 4 is 50.1 Å². The minimum atomic E-state index is -0.299. The Morgan fingerprint density at radius 2 is 2.04 bits per heavy atom. The fourth-order valence-corrected chi connectivity index (χ4v) is 4.68. The lowest BCUT2D eigenvalue weighted by atomic mass is 10.1. The maximum Gasteiger partial charge on any atom is 0.267 e. The van der Waals surface area contributed by atoms with Crippen LogP contribution < -0.4 is 10.9 Å². The lowest BCUT2D eigenvalue weighted by Crippen LogP contribution is -2.30. The Bertz CT molecular complexity index is 1180. The van der Waals surface area contributed by atoms with Crippen LogP contribution in [0.25, 0.3) is 10.2 Å². The summed E-state index contributed by atoms with van der Waals surface area (Å²) in [5.74, 6) is 0.324. The van der Waals surface area contributed by atoms with Crippen LogP contribution in [0.1, 0.15) is 27.7 Å². The first kappa shape index (κ1) is 18.6. The maximum absolute atomic E-state index is 12.7. The monoisotopic (exact) mass is 411 g/mol. The second-order valence-electron chi connectivity index (χ2n) is 6.13. The van der Waals surface area contributed by atoms with Crippen molar-refractivity contribution in [2.45, 2.75) is 20.4 Å². The summed E-state index contributed by atoms with van der Waals surface area (Å²) in [5, 5.41) is 12.1. The average molecular weight is 412 g/mol. The number of nitrogens with zero attached hydrogens (tertiary/aromatic N) is 4. The van der Waals surface area contributed by atoms with E-state index in [2.05, 4.69) is 20.5 Å². The van der Waals surface area contributed by atoms with Gasteiger partial charge < -0.3 is 0 Å². The highest BCUT2D eigenvalue weighted by molar-refractivity contribution is 8.14. The largest absolute Gasteiger partial charge is 0.299 e. The number of thioether (sulfide) groups is 1. The van der Waals surface area contributed by atoms with Gasteiger partial charge in [-0.1, -0.05) is 42.1 Å². The molecule has 7 nitrogen and oxygen atoms in total. The Morgan fingerprint density at radius 1 is 1.25 bits per heavy atom. The van der Waals surface area contributed by atoms with E-state index in [1.54, 1.807) is 6.92 Å². The molecule has 0 radical (unpaired) electrons. The van der Waals surface area contributed by atoms with Crippen molar-refractivity contribution in [2.75, 3.05) is 5.75 Å². The van der Waals surface area contributed by atoms with E-state index in [9.17, 15) is 9.59 Å². The van der Waals surface area contributed by atoms with Crippen molar-refractivity contribution in [2.24, 2.45) is 10.2 Å². The fraction of sp³-hybridized carbons (Fsp3) is 0.211. The van der Waals surface area contributed by atoms with Gasteiger partial charge in [0, 0.05) is 12.3 Å². The molecule has 0 fully saturated rings. The van der Waals surface area contributed by atoms with E-state index in [1.165, 1.54) is 34.0 Å². The van der Waals surface area contributed by atoms with Crippen LogP contribution >= 0.6 is 23.1 Å². The molecule has 0 atom stereocenters. The van der Waals surface area contributed by atoms with Gasteiger partial charge in [0.15, 0.2) is 5.17 Å². The molecule has 28 heavy (non-hydrogen) atoms. The van der Waals surface area contributed by atoms with Crippen LogP contribution in [-0.4, -0.2) is 32.1 Å². The number of thiophene rings is 1. The Morgan fingerprint density at radius 3 is 2.71 bits per heavy atom. The molecule has 3 aromatic rings. The summed E-state index contributed by atoms with van der Waals surface area (Å²) in [4.78, 5) is 30.6. The van der Waals surface area contributed by atoms with Crippen molar-refractivity contribution in [3.05, 3.63) is 63.0 Å². The summed E-state index contributed by atoms with van der Waals surface area (Å²) >= 11 is 2.64. The summed E-state index contributed by atoms with van der Waals surface area (Å²) in [7, 11) is 0. The van der Waals surface area contributed by atoms with Gasteiger partial charge in [0.2, 0.25) is 0 Å². The number of rotatable bonds is 3. The van der Waals surface area contributed by atoms with Crippen LogP contribution in [0.2, 0.25) is 0 Å². The number of carbonyl (C=O) groups is 1. The van der Waals surface area contributed by atoms with Gasteiger partial charge in [0.1, 0.15) is 4.83 Å². The number of aromatic nitrogens is 2. The Labute approximate surface area is 169 Å². The van der Waals surface area contributed by atoms with Crippen molar-refractivity contribution in [1.29, 1.82) is 0 Å². The zero-order chi connectivity index (χ0) is 19.7. The third-order valence-corrected chi connectivity index (χ3v) is 6.47. The Kier molecular flexibility index (Phi) is 5.10. The van der Waals surface area contributed by atoms with Gasteiger partial charge in [0.05, 0.1) is 22.3 Å². The molecule has 1 aliphatic heterocycles. The molecule has 0 bridgehead atoms. The molecule has 9 heteroatoms. The lowest BCUT2D eigenvalue weighted by molar-refractivity contribution is 0.0981. The highest BCUT2D eigenvalue weighted by Crippen LogP contribution is 2.27. The van der Waals surface area contributed by atoms with Gasteiger partial charge in [-0.05, 0) is 25.0 Å². The molecule has 1 aromatic carbocycles. The molecule has 4 rings (SSSR count). The molecule has 2 aromatic heterocycles. The topological polar surface area (TPSA) is 88.7 Å². The molecule has 0 unspecified atom stereocenters. The second kappa shape index (κ2) is 7.69. The van der Waals surface area contributed by atoms with Crippen molar-refractivity contribution < 1.29 is 4.79 Å². The number of aryl methyl sites for hydroxylation is 2. The third kappa shape index (κ3) is 3.38. The van der Waals surface area contributed by atoms with E-state index >= 15 is 0 Å². The fourth-order valence-electron chi connectivity index (χ4n) is 2.89. The molecule has 3 heterocycles. The summed E-state index contributed by atoms with van der Waals surface area (Å²) in [6, 6.07) is 9.82. The number of hydrogen-bond acceptors (Lipinski definition) is 7. The highest BCUT2D eigenvalue weighted by Gasteiger charge is 2.21. The molecule has 0 aliphatic carbocycles. The summed E-state index contributed by atoms with van der Waals surface area (Å²) < 4.78 is 1.53. The Balaban J connectivity index is 1.59. The number of amides is 1. The van der Waals surface area contributed by atoms with Gasteiger partial charge in [-0.3, -0.25) is 19.5 Å². The minimum Gasteiger partial charge on any atom is -0.299 e. The number of nitrogens with one attached hydrogen (secondary N) is 1. The van der Waals surface area contributed by atoms with Crippen LogP contribution in [0.3, 0.4) is 0 Å². The van der Waals surface area contributed by atoms with Crippen molar-refractivity contribution in [3.63, 3.8) is 0 Å². The molecular formula is C19H17N5O2S2. The molecule has 1 aliphatic rings. The van der Waals surface area contributed by atoms with Crippen LogP contribution in [0.4, 0.5) is 0 Å². The van der Waals surface area contributed by atoms with Crippen LogP contribution in [0.5, 0.6) is 0 Å². The third-order valence-electron chi connectivity index (χ3n) is 4.40. The maximum atomic E-state index is 12.7. The van der Waals surface area contributed by atoms with Crippen molar-refractivity contribution in [1.82, 2.24) is 14.9 Å². The van der Waals surface area contributed by atoms with Crippen molar-refractivity contribution in [3.8, 4) is 0 Å². The van der Waals surface area contributed by atoms with Gasteiger partial charge in [-0.15, -0.1) is 16.4 Å². The van der Waals surface area contributed by atoms with Gasteiger partial charge in [-0.2, -0.15) is 5.10 Å². The number of benzene rings is 1. The number of hydrogen-bond donors (Lipinski definition) is 1. The molecule has 142 valence electrons. The lowest BCUT2D eigenvalue weighted by Gasteiger charge is -2.12. The van der Waals surface area contributed by atoms with Crippen LogP contribution in [0, 0.1) is 6.92 Å². The first-order chi connectivity index (χ1) is 13.6. The molecule has 0 saturated heterocycles. The zero-order valence-corrected chi connectivity index (χ0v) is 16.9. The predicted molar refractivity (Wildman–Crippen MR) is 115 cm³/mol. The summed E-state index contributed by atoms with van der Waals surface area (Å²) in [6.07, 6.45) is 1.52. The first-order valence-electron chi connectivity index (χ1n) is 8.71. The van der Waals surface area contributed by atoms with E-state index in [-0.39, 0.29) is 11.5 Å². The standard InChI is InChI=1S/C19H17N5O2S2/c1-3-24-10-20-17-14(18(24)26)11(2)15(28-17)16(25)21-19-23-22-13(9-27-19)12-7-5-4-6-8-12/h4-8,10H,3,9H2,1-2H3,(H,21,23,25). The van der Waals surface area contributed by atoms with Gasteiger partial charge in [-0.25, -0.2) is 4.98 Å². The molecule has 0 saturated carbocycles. The normalized spacial score (nSPS) is 13.9. The highest BCUT2D eigenvalue weighted by atomic mass is 32.2. The van der Waals surface area contributed by atoms with E-state index in [1.807, 2.05) is 37.3 Å². The van der Waals surface area contributed by atoms with Crippen LogP contribution in [-0.2, 0) is 6.54 Å². The second-order valence-corrected chi connectivity index (χ2v) is 8.10. The Hall–Kier alpha value is -2.78. The van der Waals surface area contributed by atoms with Gasteiger partial charge in [0.25, 0.3) is 11.5 Å². The molecule has 1 N–H and O–H groups in total.